The molecular weight excluding hydrogens is 402 g/mol. The van der Waals surface area contributed by atoms with Gasteiger partial charge in [0.15, 0.2) is 0 Å². The molecule has 32 heavy (non-hydrogen) atoms. The number of aliphatic hydroxyl groups excluding tert-OH is 1. The molecule has 3 rings (SSSR count). The number of nitrogens with zero attached hydrogens (tertiary/aromatic N) is 2. The maximum Gasteiger partial charge on any atom is 0.224 e. The molecule has 0 aliphatic carbocycles. The average molecular weight is 432 g/mol. The van der Waals surface area contributed by atoms with Crippen molar-refractivity contribution in [1.29, 1.82) is 0 Å². The van der Waals surface area contributed by atoms with Gasteiger partial charge < -0.3 is 15.6 Å². The molecule has 1 atom stereocenters. The zero-order chi connectivity index (χ0) is 22.9. The van der Waals surface area contributed by atoms with E-state index in [0.717, 1.165) is 33.5 Å². The Morgan fingerprint density at radius 3 is 2.50 bits per heavy atom. The molecule has 166 valence electrons. The number of nitrogens with one attached hydrogen (secondary N) is 1. The van der Waals surface area contributed by atoms with E-state index in [0.29, 0.717) is 12.1 Å². The maximum absolute atomic E-state index is 12.0. The molecule has 3 N–H and O–H groups in total. The highest BCUT2D eigenvalue weighted by atomic mass is 16.4. The number of aliphatic hydroxyl groups is 1. The number of hydrogen-bond donors (Lipinski definition) is 3. The number of aryl methyl sites for hydroxylation is 2. The number of pyridine rings is 1. The molecule has 0 bridgehead atoms. The number of benzene rings is 2. The molecule has 0 fully saturated rings. The average Bonchev–Trinajstić information content (AvgIpc) is 2.80. The van der Waals surface area contributed by atoms with Crippen LogP contribution in [0.25, 0.3) is 0 Å². The lowest BCUT2D eigenvalue weighted by atomic mass is 9.83. The SMILES string of the molecule is Cc1cc(/C(C[C@H](c2ccc(CC(=O)NCCO)cc2)c2ccccc2C)=N/O)ccn1. The Balaban J connectivity index is 1.90. The summed E-state index contributed by atoms with van der Waals surface area (Å²) in [5.41, 5.74) is 6.59. The first-order valence-corrected chi connectivity index (χ1v) is 10.7. The Morgan fingerprint density at radius 2 is 1.84 bits per heavy atom. The van der Waals surface area contributed by atoms with E-state index in [1.54, 1.807) is 6.20 Å². The molecular formula is C26H29N3O3. The van der Waals surface area contributed by atoms with Crippen molar-refractivity contribution in [3.63, 3.8) is 0 Å². The van der Waals surface area contributed by atoms with Gasteiger partial charge in [0, 0.05) is 36.3 Å². The van der Waals surface area contributed by atoms with Crippen LogP contribution in [0.5, 0.6) is 0 Å². The van der Waals surface area contributed by atoms with Gasteiger partial charge in [-0.1, -0.05) is 53.7 Å². The number of amides is 1. The number of oxime groups is 1. The second kappa shape index (κ2) is 11.2. The van der Waals surface area contributed by atoms with Crippen LogP contribution in [0.3, 0.4) is 0 Å². The lowest BCUT2D eigenvalue weighted by Crippen LogP contribution is -2.27. The van der Waals surface area contributed by atoms with E-state index in [1.165, 1.54) is 0 Å². The number of aromatic nitrogens is 1. The van der Waals surface area contributed by atoms with Crippen LogP contribution in [-0.4, -0.2) is 40.1 Å². The van der Waals surface area contributed by atoms with Crippen LogP contribution >= 0.6 is 0 Å². The lowest BCUT2D eigenvalue weighted by molar-refractivity contribution is -0.120. The van der Waals surface area contributed by atoms with Gasteiger partial charge in [-0.2, -0.15) is 0 Å². The van der Waals surface area contributed by atoms with Gasteiger partial charge in [0.2, 0.25) is 5.91 Å². The first-order chi connectivity index (χ1) is 15.5. The predicted molar refractivity (Wildman–Crippen MR) is 125 cm³/mol. The summed E-state index contributed by atoms with van der Waals surface area (Å²) in [6.07, 6.45) is 2.49. The minimum atomic E-state index is -0.120. The minimum absolute atomic E-state index is 0.0205. The van der Waals surface area contributed by atoms with Gasteiger partial charge >= 0.3 is 0 Å². The molecule has 0 radical (unpaired) electrons. The molecule has 1 amide bonds. The van der Waals surface area contributed by atoms with E-state index < -0.39 is 0 Å². The number of carbonyl (C=O) groups excluding carboxylic acids is 1. The van der Waals surface area contributed by atoms with E-state index in [-0.39, 0.29) is 31.4 Å². The normalized spacial score (nSPS) is 12.4. The van der Waals surface area contributed by atoms with E-state index in [1.807, 2.05) is 55.5 Å². The topological polar surface area (TPSA) is 94.8 Å². The van der Waals surface area contributed by atoms with Gasteiger partial charge in [0.25, 0.3) is 0 Å². The maximum atomic E-state index is 12.0. The first kappa shape index (κ1) is 23.2. The molecule has 0 saturated carbocycles. The smallest absolute Gasteiger partial charge is 0.224 e. The van der Waals surface area contributed by atoms with Gasteiger partial charge in [-0.25, -0.2) is 0 Å². The molecule has 1 heterocycles. The highest BCUT2D eigenvalue weighted by molar-refractivity contribution is 6.01. The molecule has 1 aromatic heterocycles. The second-order valence-electron chi connectivity index (χ2n) is 7.84. The summed E-state index contributed by atoms with van der Waals surface area (Å²) in [6, 6.07) is 19.9. The molecule has 6 heteroatoms. The Kier molecular flexibility index (Phi) is 8.11. The van der Waals surface area contributed by atoms with Gasteiger partial charge in [0.05, 0.1) is 18.7 Å². The van der Waals surface area contributed by atoms with Crippen LogP contribution in [0.15, 0.2) is 72.0 Å². The third kappa shape index (κ3) is 6.02. The van der Waals surface area contributed by atoms with Crippen molar-refractivity contribution in [3.8, 4) is 0 Å². The molecule has 2 aromatic carbocycles. The summed E-state index contributed by atoms with van der Waals surface area (Å²) in [5.74, 6) is -0.141. The summed E-state index contributed by atoms with van der Waals surface area (Å²) in [6.45, 7) is 4.17. The Bertz CT molecular complexity index is 1080. The summed E-state index contributed by atoms with van der Waals surface area (Å²) >= 11 is 0. The molecule has 0 unspecified atom stereocenters. The third-order valence-electron chi connectivity index (χ3n) is 5.49. The highest BCUT2D eigenvalue weighted by Crippen LogP contribution is 2.32. The zero-order valence-electron chi connectivity index (χ0n) is 18.5. The fourth-order valence-corrected chi connectivity index (χ4v) is 3.83. The molecule has 6 nitrogen and oxygen atoms in total. The molecule has 0 spiro atoms. The van der Waals surface area contributed by atoms with Crippen LogP contribution in [-0.2, 0) is 11.2 Å². The Hall–Kier alpha value is -3.51. The van der Waals surface area contributed by atoms with Crippen molar-refractivity contribution >= 4 is 11.6 Å². The van der Waals surface area contributed by atoms with E-state index >= 15 is 0 Å². The van der Waals surface area contributed by atoms with Crippen molar-refractivity contribution in [3.05, 3.63) is 100 Å². The Labute approximate surface area is 188 Å². The number of rotatable bonds is 9. The van der Waals surface area contributed by atoms with E-state index in [4.69, 9.17) is 5.11 Å². The summed E-state index contributed by atoms with van der Waals surface area (Å²) < 4.78 is 0. The van der Waals surface area contributed by atoms with Crippen LogP contribution in [0, 0.1) is 13.8 Å². The fraction of sp³-hybridized carbons (Fsp3) is 0.269. The summed E-state index contributed by atoms with van der Waals surface area (Å²) in [5, 5.41) is 24.9. The predicted octanol–water partition coefficient (Wildman–Crippen LogP) is 3.75. The van der Waals surface area contributed by atoms with Crippen molar-refractivity contribution < 1.29 is 15.1 Å². The Morgan fingerprint density at radius 1 is 1.09 bits per heavy atom. The van der Waals surface area contributed by atoms with Crippen LogP contribution in [0.4, 0.5) is 0 Å². The molecule has 0 saturated heterocycles. The molecule has 0 aliphatic heterocycles. The summed E-state index contributed by atoms with van der Waals surface area (Å²) in [4.78, 5) is 16.2. The summed E-state index contributed by atoms with van der Waals surface area (Å²) in [7, 11) is 0. The number of carbonyl (C=O) groups is 1. The van der Waals surface area contributed by atoms with Crippen molar-refractivity contribution in [2.75, 3.05) is 13.2 Å². The van der Waals surface area contributed by atoms with Crippen molar-refractivity contribution in [1.82, 2.24) is 10.3 Å². The van der Waals surface area contributed by atoms with Crippen molar-refractivity contribution in [2.45, 2.75) is 32.6 Å². The van der Waals surface area contributed by atoms with Crippen LogP contribution in [0.1, 0.15) is 45.8 Å². The minimum Gasteiger partial charge on any atom is -0.411 e. The van der Waals surface area contributed by atoms with Gasteiger partial charge in [-0.05, 0) is 48.2 Å². The largest absolute Gasteiger partial charge is 0.411 e. The van der Waals surface area contributed by atoms with Gasteiger partial charge in [0.1, 0.15) is 0 Å². The quantitative estimate of drug-likeness (QED) is 0.273. The second-order valence-corrected chi connectivity index (χ2v) is 7.84. The third-order valence-corrected chi connectivity index (χ3v) is 5.49. The molecule has 3 aromatic rings. The van der Waals surface area contributed by atoms with Gasteiger partial charge in [-0.15, -0.1) is 0 Å². The van der Waals surface area contributed by atoms with E-state index in [2.05, 4.69) is 34.5 Å². The number of hydrogen-bond acceptors (Lipinski definition) is 5. The lowest BCUT2D eigenvalue weighted by Gasteiger charge is -2.21. The fourth-order valence-electron chi connectivity index (χ4n) is 3.83. The zero-order valence-corrected chi connectivity index (χ0v) is 18.5. The first-order valence-electron chi connectivity index (χ1n) is 10.7. The monoisotopic (exact) mass is 431 g/mol. The highest BCUT2D eigenvalue weighted by Gasteiger charge is 2.20. The van der Waals surface area contributed by atoms with Crippen LogP contribution in [0.2, 0.25) is 0 Å². The van der Waals surface area contributed by atoms with Crippen molar-refractivity contribution in [2.24, 2.45) is 5.16 Å². The van der Waals surface area contributed by atoms with Crippen LogP contribution < -0.4 is 5.32 Å². The standard InChI is InChI=1S/C26H29N3O3/c1-18-5-3-4-6-23(18)24(17-25(29-32)22-11-12-27-19(2)15-22)21-9-7-20(8-10-21)16-26(31)28-13-14-30/h3-12,15,24,30,32H,13-14,16-17H2,1-2H3,(H,28,31)/b29-25+/t24-/m1/s1. The van der Waals surface area contributed by atoms with E-state index in [9.17, 15) is 10.0 Å². The molecule has 0 aliphatic rings. The van der Waals surface area contributed by atoms with Gasteiger partial charge in [-0.3, -0.25) is 9.78 Å².